The lowest BCUT2D eigenvalue weighted by atomic mass is 9.91. The summed E-state index contributed by atoms with van der Waals surface area (Å²) in [4.78, 5) is 44.6. The summed E-state index contributed by atoms with van der Waals surface area (Å²) < 4.78 is 0. The summed E-state index contributed by atoms with van der Waals surface area (Å²) in [6.45, 7) is 0.959. The van der Waals surface area contributed by atoms with Crippen LogP contribution in [0.1, 0.15) is 60.2 Å². The first-order chi connectivity index (χ1) is 17.5. The maximum Gasteiger partial charge on any atom is 0.264 e. The number of nitrogens with one attached hydrogen (secondary N) is 1. The number of hydrogen-bond acceptors (Lipinski definition) is 5. The molecule has 1 aromatic carbocycles. The van der Waals surface area contributed by atoms with Crippen molar-refractivity contribution in [3.63, 3.8) is 0 Å². The predicted molar refractivity (Wildman–Crippen MR) is 141 cm³/mol. The minimum absolute atomic E-state index is 0.0212. The van der Waals surface area contributed by atoms with Crippen LogP contribution >= 0.6 is 11.3 Å². The summed E-state index contributed by atoms with van der Waals surface area (Å²) in [5.41, 5.74) is 7.20. The topological polar surface area (TPSA) is 95.7 Å². The molecule has 2 heterocycles. The number of nitrogens with two attached hydrogens (primary N) is 1. The number of benzene rings is 1. The second-order valence-corrected chi connectivity index (χ2v) is 11.4. The minimum atomic E-state index is -0.533. The zero-order valence-corrected chi connectivity index (χ0v) is 21.5. The fourth-order valence-corrected chi connectivity index (χ4v) is 6.22. The van der Waals surface area contributed by atoms with Gasteiger partial charge in [-0.1, -0.05) is 36.4 Å². The molecule has 2 unspecified atom stereocenters. The molecule has 0 spiro atoms. The molecule has 3 amide bonds. The Morgan fingerprint density at radius 3 is 2.42 bits per heavy atom. The summed E-state index contributed by atoms with van der Waals surface area (Å²) in [5.74, 6) is -0.0157. The molecule has 0 radical (unpaired) electrons. The van der Waals surface area contributed by atoms with Gasteiger partial charge in [-0.2, -0.15) is 0 Å². The van der Waals surface area contributed by atoms with Crippen LogP contribution < -0.4 is 11.1 Å². The second-order valence-electron chi connectivity index (χ2n) is 10.5. The summed E-state index contributed by atoms with van der Waals surface area (Å²) in [6, 6.07) is 13.5. The molecule has 1 aromatic heterocycles. The van der Waals surface area contributed by atoms with Gasteiger partial charge in [0.1, 0.15) is 6.04 Å². The average Bonchev–Trinajstić information content (AvgIpc) is 3.41. The molecule has 1 aliphatic heterocycles. The highest BCUT2D eigenvalue weighted by Gasteiger charge is 2.46. The molecule has 3 fully saturated rings. The summed E-state index contributed by atoms with van der Waals surface area (Å²) in [5, 5.41) is 5.12. The number of nitrogens with zero attached hydrogens (tertiary/aromatic N) is 2. The number of rotatable bonds is 8. The van der Waals surface area contributed by atoms with Gasteiger partial charge < -0.3 is 20.9 Å². The zero-order valence-electron chi connectivity index (χ0n) is 20.7. The SMILES string of the molecule is NC1CCC(NC(=O)C2CC(N(CCc3ccccc3)C(=O)c3cccs3)CN2C(=O)C2CC2)CC1. The summed E-state index contributed by atoms with van der Waals surface area (Å²) in [6.07, 6.45) is 6.55. The highest BCUT2D eigenvalue weighted by atomic mass is 32.1. The molecule has 2 saturated carbocycles. The van der Waals surface area contributed by atoms with Crippen LogP contribution in [0, 0.1) is 5.92 Å². The van der Waals surface area contributed by atoms with Crippen LogP contribution in [0.15, 0.2) is 47.8 Å². The molecule has 5 rings (SSSR count). The smallest absolute Gasteiger partial charge is 0.264 e. The molecule has 7 nitrogen and oxygen atoms in total. The molecule has 2 aromatic rings. The molecule has 1 saturated heterocycles. The highest BCUT2D eigenvalue weighted by Crippen LogP contribution is 2.35. The van der Waals surface area contributed by atoms with Crippen molar-refractivity contribution in [1.82, 2.24) is 15.1 Å². The van der Waals surface area contributed by atoms with Crippen LogP contribution in [-0.2, 0) is 16.0 Å². The number of thiophene rings is 1. The largest absolute Gasteiger partial charge is 0.352 e. The van der Waals surface area contributed by atoms with Gasteiger partial charge in [0.15, 0.2) is 0 Å². The Kier molecular flexibility index (Phi) is 7.72. The normalized spacial score (nSPS) is 26.0. The molecule has 36 heavy (non-hydrogen) atoms. The van der Waals surface area contributed by atoms with E-state index in [1.165, 1.54) is 11.3 Å². The van der Waals surface area contributed by atoms with Gasteiger partial charge in [0, 0.05) is 31.1 Å². The lowest BCUT2D eigenvalue weighted by Gasteiger charge is -2.30. The molecule has 3 aliphatic rings. The Bertz CT molecular complexity index is 1050. The van der Waals surface area contributed by atoms with Gasteiger partial charge in [0.2, 0.25) is 11.8 Å². The van der Waals surface area contributed by atoms with Crippen molar-refractivity contribution in [1.29, 1.82) is 0 Å². The molecule has 2 aliphatic carbocycles. The van der Waals surface area contributed by atoms with Crippen molar-refractivity contribution in [3.8, 4) is 0 Å². The third kappa shape index (κ3) is 5.81. The maximum absolute atomic E-state index is 13.6. The Morgan fingerprint density at radius 2 is 1.75 bits per heavy atom. The number of hydrogen-bond donors (Lipinski definition) is 2. The monoisotopic (exact) mass is 508 g/mol. The molecular weight excluding hydrogens is 472 g/mol. The van der Waals surface area contributed by atoms with Crippen LogP contribution in [0.3, 0.4) is 0 Å². The summed E-state index contributed by atoms with van der Waals surface area (Å²) in [7, 11) is 0. The van der Waals surface area contributed by atoms with Crippen molar-refractivity contribution >= 4 is 29.1 Å². The average molecular weight is 509 g/mol. The van der Waals surface area contributed by atoms with Gasteiger partial charge >= 0.3 is 0 Å². The Balaban J connectivity index is 1.34. The molecule has 8 heteroatoms. The van der Waals surface area contributed by atoms with E-state index in [-0.39, 0.29) is 41.8 Å². The zero-order chi connectivity index (χ0) is 25.1. The van der Waals surface area contributed by atoms with Crippen molar-refractivity contribution in [2.75, 3.05) is 13.1 Å². The van der Waals surface area contributed by atoms with Gasteiger partial charge in [0.05, 0.1) is 10.9 Å². The van der Waals surface area contributed by atoms with Gasteiger partial charge in [-0.25, -0.2) is 0 Å². The lowest BCUT2D eigenvalue weighted by Crippen LogP contribution is -2.50. The first-order valence-corrected chi connectivity index (χ1v) is 14.1. The van der Waals surface area contributed by atoms with E-state index in [1.807, 2.05) is 40.6 Å². The Labute approximate surface area is 217 Å². The fraction of sp³-hybridized carbons (Fsp3) is 0.536. The number of carbonyl (C=O) groups excluding carboxylic acids is 3. The maximum atomic E-state index is 13.6. The van der Waals surface area contributed by atoms with Crippen molar-refractivity contribution in [2.24, 2.45) is 11.7 Å². The van der Waals surface area contributed by atoms with E-state index < -0.39 is 6.04 Å². The standard InChI is InChI=1S/C28H36N4O3S/c29-21-10-12-22(13-11-21)30-26(33)24-17-23(18-32(24)27(34)20-8-9-20)31(28(35)25-7-4-16-36-25)15-14-19-5-2-1-3-6-19/h1-7,16,20-24H,8-15,17-18,29H2,(H,30,33). The molecule has 2 atom stereocenters. The van der Waals surface area contributed by atoms with Gasteiger partial charge in [-0.05, 0) is 68.4 Å². The first kappa shape index (κ1) is 25.0. The lowest BCUT2D eigenvalue weighted by molar-refractivity contribution is -0.139. The fourth-order valence-electron chi connectivity index (χ4n) is 5.54. The Morgan fingerprint density at radius 1 is 1.00 bits per heavy atom. The van der Waals surface area contributed by atoms with Crippen molar-refractivity contribution in [3.05, 3.63) is 58.3 Å². The third-order valence-corrected chi connectivity index (χ3v) is 8.69. The first-order valence-electron chi connectivity index (χ1n) is 13.2. The van der Waals surface area contributed by atoms with Crippen molar-refractivity contribution < 1.29 is 14.4 Å². The van der Waals surface area contributed by atoms with E-state index in [4.69, 9.17) is 5.73 Å². The van der Waals surface area contributed by atoms with Crippen LogP contribution in [-0.4, -0.2) is 64.8 Å². The van der Waals surface area contributed by atoms with E-state index in [0.717, 1.165) is 50.5 Å². The van der Waals surface area contributed by atoms with E-state index in [9.17, 15) is 14.4 Å². The molecule has 3 N–H and O–H groups in total. The number of carbonyl (C=O) groups is 3. The molecular formula is C28H36N4O3S. The van der Waals surface area contributed by atoms with Gasteiger partial charge in [0.25, 0.3) is 5.91 Å². The Hall–Kier alpha value is -2.71. The number of likely N-dealkylation sites (tertiary alicyclic amines) is 1. The van der Waals surface area contributed by atoms with Crippen LogP contribution in [0.25, 0.3) is 0 Å². The van der Waals surface area contributed by atoms with Crippen LogP contribution in [0.2, 0.25) is 0 Å². The van der Waals surface area contributed by atoms with Crippen LogP contribution in [0.4, 0.5) is 0 Å². The third-order valence-electron chi connectivity index (χ3n) is 7.83. The van der Waals surface area contributed by atoms with E-state index in [2.05, 4.69) is 17.4 Å². The highest BCUT2D eigenvalue weighted by molar-refractivity contribution is 7.12. The predicted octanol–water partition coefficient (Wildman–Crippen LogP) is 3.20. The van der Waals surface area contributed by atoms with Crippen molar-refractivity contribution in [2.45, 2.75) is 75.5 Å². The van der Waals surface area contributed by atoms with Crippen LogP contribution in [0.5, 0.6) is 0 Å². The van der Waals surface area contributed by atoms with E-state index in [1.54, 1.807) is 4.90 Å². The number of amides is 3. The van der Waals surface area contributed by atoms with Gasteiger partial charge in [-0.3, -0.25) is 14.4 Å². The summed E-state index contributed by atoms with van der Waals surface area (Å²) >= 11 is 1.43. The second kappa shape index (κ2) is 11.1. The molecule has 192 valence electrons. The molecule has 0 bridgehead atoms. The van der Waals surface area contributed by atoms with Gasteiger partial charge in [-0.15, -0.1) is 11.3 Å². The quantitative estimate of drug-likeness (QED) is 0.572. The van der Waals surface area contributed by atoms with E-state index >= 15 is 0 Å². The minimum Gasteiger partial charge on any atom is -0.352 e. The van der Waals surface area contributed by atoms with E-state index in [0.29, 0.717) is 24.4 Å².